The van der Waals surface area contributed by atoms with E-state index < -0.39 is 0 Å². The monoisotopic (exact) mass is 628 g/mol. The fourth-order valence-corrected chi connectivity index (χ4v) is 12.9. The van der Waals surface area contributed by atoms with Crippen molar-refractivity contribution < 1.29 is 14.3 Å². The number of carbonyl (C=O) groups excluding carboxylic acids is 2. The van der Waals surface area contributed by atoms with Crippen molar-refractivity contribution >= 4 is 17.4 Å². The number of hydrogen-bond acceptors (Lipinski definition) is 4. The number of hydrogen-bond donors (Lipinski definition) is 1. The molecule has 4 saturated carbocycles. The fourth-order valence-electron chi connectivity index (χ4n) is 12.9. The molecule has 0 saturated heterocycles. The molecule has 1 unspecified atom stereocenters. The van der Waals surface area contributed by atoms with Crippen LogP contribution < -0.4 is 5.32 Å². The molecule has 0 bridgehead atoms. The Bertz CT molecular complexity index is 1430. The molecular weight excluding hydrogens is 568 g/mol. The molecule has 5 heteroatoms. The standard InChI is InChI=1S/C41H60N2O3/c1-26(2)29-17-22-41(42-25-34(44)43(8)9)24-23-39(6)31(35(29)41)15-16-33-38(5)20-18-30(27-11-13-28(14-12-27)36(45)46-10)37(3,4)32(38)19-21-40(33,39)7/h11-14,18,29,31-33,35,42H,1,15-17,19-25H2,2-10H3/t29-,31?,32-,33+,35+,38-,39+,40+,41-/m0/s1. The number of allylic oxidation sites excluding steroid dienone is 3. The lowest BCUT2D eigenvalue weighted by atomic mass is 9.33. The van der Waals surface area contributed by atoms with Crippen LogP contribution in [0.3, 0.4) is 0 Å². The minimum absolute atomic E-state index is 0.0393. The number of ether oxygens (including phenoxy) is 1. The number of nitrogens with one attached hydrogen (secondary N) is 1. The van der Waals surface area contributed by atoms with Gasteiger partial charge in [-0.3, -0.25) is 4.79 Å². The average molecular weight is 629 g/mol. The van der Waals surface area contributed by atoms with Crippen molar-refractivity contribution in [3.63, 3.8) is 0 Å². The van der Waals surface area contributed by atoms with Gasteiger partial charge in [0.25, 0.3) is 0 Å². The lowest BCUT2D eigenvalue weighted by Crippen LogP contribution is -2.68. The lowest BCUT2D eigenvalue weighted by Gasteiger charge is -2.72. The molecule has 1 amide bonds. The van der Waals surface area contributed by atoms with E-state index in [0.717, 1.165) is 19.3 Å². The van der Waals surface area contributed by atoms with Crippen molar-refractivity contribution in [2.45, 2.75) is 105 Å². The number of benzene rings is 1. The highest BCUT2D eigenvalue weighted by Crippen LogP contribution is 2.76. The van der Waals surface area contributed by atoms with Crippen LogP contribution in [0, 0.1) is 51.2 Å². The summed E-state index contributed by atoms with van der Waals surface area (Å²) in [7, 11) is 5.18. The third kappa shape index (κ3) is 4.71. The lowest BCUT2D eigenvalue weighted by molar-refractivity contribution is -0.219. The molecule has 0 heterocycles. The summed E-state index contributed by atoms with van der Waals surface area (Å²) in [5, 5.41) is 3.93. The molecule has 1 aromatic rings. The van der Waals surface area contributed by atoms with Gasteiger partial charge >= 0.3 is 5.97 Å². The maximum atomic E-state index is 12.8. The van der Waals surface area contributed by atoms with Gasteiger partial charge in [0.05, 0.1) is 19.2 Å². The fraction of sp³-hybridized carbons (Fsp3) is 0.707. The third-order valence-electron chi connectivity index (χ3n) is 15.4. The van der Waals surface area contributed by atoms with Crippen molar-refractivity contribution in [1.29, 1.82) is 0 Å². The van der Waals surface area contributed by atoms with Gasteiger partial charge in [0, 0.05) is 19.6 Å². The van der Waals surface area contributed by atoms with Crippen LogP contribution >= 0.6 is 0 Å². The molecule has 5 aliphatic carbocycles. The Morgan fingerprint density at radius 2 is 1.61 bits per heavy atom. The highest BCUT2D eigenvalue weighted by molar-refractivity contribution is 5.90. The largest absolute Gasteiger partial charge is 0.465 e. The SMILES string of the molecule is C=C(C)[C@@H]1CC[C@]2(NCC(=O)N(C)C)CC[C@]3(C)C(CC[C@@H]4[C@@]5(C)CC=C(c6ccc(C(=O)OC)cc6)C(C)(C)[C@@H]5CC[C@]43C)[C@@H]12. The Hall–Kier alpha value is -2.40. The topological polar surface area (TPSA) is 58.6 Å². The molecule has 6 rings (SSSR count). The first-order chi connectivity index (χ1) is 21.6. The van der Waals surface area contributed by atoms with Crippen LogP contribution in [0.15, 0.2) is 42.5 Å². The van der Waals surface area contributed by atoms with E-state index in [1.165, 1.54) is 62.3 Å². The number of amides is 1. The molecular formula is C41H60N2O3. The highest BCUT2D eigenvalue weighted by atomic mass is 16.5. The van der Waals surface area contributed by atoms with Gasteiger partial charge in [-0.15, -0.1) is 0 Å². The quantitative estimate of drug-likeness (QED) is 0.253. The van der Waals surface area contributed by atoms with E-state index >= 15 is 0 Å². The van der Waals surface area contributed by atoms with Crippen molar-refractivity contribution in [2.75, 3.05) is 27.7 Å². The summed E-state index contributed by atoms with van der Waals surface area (Å²) in [6, 6.07) is 8.08. The van der Waals surface area contributed by atoms with Gasteiger partial charge < -0.3 is 15.0 Å². The van der Waals surface area contributed by atoms with Crippen LogP contribution in [-0.4, -0.2) is 50.1 Å². The van der Waals surface area contributed by atoms with Crippen LogP contribution in [-0.2, 0) is 9.53 Å². The maximum Gasteiger partial charge on any atom is 0.337 e. The summed E-state index contributed by atoms with van der Waals surface area (Å²) in [5.41, 5.74) is 5.48. The molecule has 0 radical (unpaired) electrons. The number of nitrogens with zero attached hydrogens (tertiary/aromatic N) is 1. The number of likely N-dealkylation sites (N-methyl/N-ethyl adjacent to an activating group) is 1. The summed E-state index contributed by atoms with van der Waals surface area (Å²) in [6.45, 7) is 20.2. The van der Waals surface area contributed by atoms with E-state index in [4.69, 9.17) is 4.74 Å². The van der Waals surface area contributed by atoms with Crippen molar-refractivity contribution in [1.82, 2.24) is 10.2 Å². The van der Waals surface area contributed by atoms with Crippen molar-refractivity contribution in [2.24, 2.45) is 51.2 Å². The molecule has 0 aromatic heterocycles. The second-order valence-electron chi connectivity index (χ2n) is 17.6. The van der Waals surface area contributed by atoms with Crippen LogP contribution in [0.25, 0.3) is 5.57 Å². The zero-order valence-electron chi connectivity index (χ0n) is 30.2. The van der Waals surface area contributed by atoms with Crippen LogP contribution in [0.2, 0.25) is 0 Å². The van der Waals surface area contributed by atoms with Crippen molar-refractivity contribution in [3.05, 3.63) is 53.6 Å². The van der Waals surface area contributed by atoms with Gasteiger partial charge in [-0.05, 0) is 139 Å². The van der Waals surface area contributed by atoms with Crippen LogP contribution in [0.4, 0.5) is 0 Å². The van der Waals surface area contributed by atoms with Gasteiger partial charge in [0.1, 0.15) is 0 Å². The zero-order chi connectivity index (χ0) is 33.4. The van der Waals surface area contributed by atoms with E-state index in [-0.39, 0.29) is 39.1 Å². The molecule has 5 aliphatic rings. The van der Waals surface area contributed by atoms with E-state index in [2.05, 4.69) is 71.6 Å². The Morgan fingerprint density at radius 1 is 0.913 bits per heavy atom. The Balaban J connectivity index is 1.32. The molecule has 4 fully saturated rings. The smallest absolute Gasteiger partial charge is 0.337 e. The van der Waals surface area contributed by atoms with E-state index in [1.54, 1.807) is 4.90 Å². The number of esters is 1. The summed E-state index contributed by atoms with van der Waals surface area (Å²) in [6.07, 6.45) is 13.6. The summed E-state index contributed by atoms with van der Waals surface area (Å²) >= 11 is 0. The normalized spacial score (nSPS) is 40.8. The molecule has 0 spiro atoms. The predicted octanol–water partition coefficient (Wildman–Crippen LogP) is 8.55. The van der Waals surface area contributed by atoms with E-state index in [0.29, 0.717) is 41.7 Å². The molecule has 9 atom stereocenters. The van der Waals surface area contributed by atoms with E-state index in [9.17, 15) is 9.59 Å². The Morgan fingerprint density at radius 3 is 2.24 bits per heavy atom. The Labute approximate surface area is 279 Å². The average Bonchev–Trinajstić information content (AvgIpc) is 3.40. The van der Waals surface area contributed by atoms with Gasteiger partial charge in [0.2, 0.25) is 5.91 Å². The predicted molar refractivity (Wildman–Crippen MR) is 187 cm³/mol. The molecule has 1 N–H and O–H groups in total. The van der Waals surface area contributed by atoms with E-state index in [1.807, 2.05) is 26.2 Å². The third-order valence-corrected chi connectivity index (χ3v) is 15.4. The first kappa shape index (κ1) is 33.5. The number of fused-ring (bicyclic) bond motifs is 7. The summed E-state index contributed by atoms with van der Waals surface area (Å²) < 4.78 is 4.95. The number of carbonyl (C=O) groups is 2. The molecule has 5 nitrogen and oxygen atoms in total. The van der Waals surface area contributed by atoms with Gasteiger partial charge in [-0.1, -0.05) is 65.0 Å². The van der Waals surface area contributed by atoms with Crippen molar-refractivity contribution in [3.8, 4) is 0 Å². The summed E-state index contributed by atoms with van der Waals surface area (Å²) in [5.74, 6) is 2.90. The number of methoxy groups -OCH3 is 1. The summed E-state index contributed by atoms with van der Waals surface area (Å²) in [4.78, 5) is 26.6. The maximum absolute atomic E-state index is 12.8. The molecule has 46 heavy (non-hydrogen) atoms. The van der Waals surface area contributed by atoms with Crippen LogP contribution in [0.5, 0.6) is 0 Å². The highest BCUT2D eigenvalue weighted by Gasteiger charge is 2.70. The molecule has 0 aliphatic heterocycles. The minimum Gasteiger partial charge on any atom is -0.465 e. The second-order valence-corrected chi connectivity index (χ2v) is 17.6. The minimum atomic E-state index is -0.281. The molecule has 1 aromatic carbocycles. The van der Waals surface area contributed by atoms with Gasteiger partial charge in [-0.25, -0.2) is 4.79 Å². The Kier molecular flexibility index (Phi) is 8.26. The molecule has 252 valence electrons. The first-order valence-corrected chi connectivity index (χ1v) is 18.1. The first-order valence-electron chi connectivity index (χ1n) is 18.1. The van der Waals surface area contributed by atoms with Gasteiger partial charge in [0.15, 0.2) is 0 Å². The zero-order valence-corrected chi connectivity index (χ0v) is 30.2. The second kappa shape index (κ2) is 11.3. The van der Waals surface area contributed by atoms with Crippen LogP contribution in [0.1, 0.15) is 115 Å². The van der Waals surface area contributed by atoms with Gasteiger partial charge in [-0.2, -0.15) is 0 Å². The number of rotatable bonds is 6.